The van der Waals surface area contributed by atoms with E-state index in [1.54, 1.807) is 0 Å². The zero-order valence-corrected chi connectivity index (χ0v) is 35.8. The van der Waals surface area contributed by atoms with Crippen molar-refractivity contribution in [2.45, 2.75) is 181 Å². The van der Waals surface area contributed by atoms with Crippen LogP contribution in [0.5, 0.6) is 11.5 Å². The lowest BCUT2D eigenvalue weighted by atomic mass is 9.97. The summed E-state index contributed by atoms with van der Waals surface area (Å²) in [7, 11) is 3.85. The SMILES string of the molecule is CCCCC/C=C\C/C=C\CCCCCCCCOc1cc(CC(CN(C)C)C(=O)O)cc(OCCCCCCCC/C=C\C/C=C\CCCCC)c1C. The molecule has 1 rings (SSSR count). The van der Waals surface area contributed by atoms with E-state index in [0.29, 0.717) is 26.2 Å². The van der Waals surface area contributed by atoms with E-state index in [0.717, 1.165) is 61.2 Å². The van der Waals surface area contributed by atoms with Crippen molar-refractivity contribution in [3.8, 4) is 11.5 Å². The predicted molar refractivity (Wildman–Crippen MR) is 234 cm³/mol. The monoisotopic (exact) mass is 750 g/mol. The van der Waals surface area contributed by atoms with Crippen LogP contribution in [-0.4, -0.2) is 49.8 Å². The molecule has 54 heavy (non-hydrogen) atoms. The Hall–Kier alpha value is -2.79. The molecule has 0 bridgehead atoms. The van der Waals surface area contributed by atoms with Crippen LogP contribution in [0, 0.1) is 12.8 Å². The Morgan fingerprint density at radius 3 is 1.33 bits per heavy atom. The van der Waals surface area contributed by atoms with Crippen LogP contribution in [0.2, 0.25) is 0 Å². The molecule has 1 N–H and O–H groups in total. The molecule has 0 fully saturated rings. The number of hydrogen-bond donors (Lipinski definition) is 1. The van der Waals surface area contributed by atoms with Gasteiger partial charge in [-0.05, 0) is 122 Å². The topological polar surface area (TPSA) is 59.0 Å². The molecule has 0 amide bonds. The summed E-state index contributed by atoms with van der Waals surface area (Å²) in [5.41, 5.74) is 1.98. The van der Waals surface area contributed by atoms with E-state index in [1.165, 1.54) is 116 Å². The van der Waals surface area contributed by atoms with Crippen LogP contribution in [0.1, 0.15) is 179 Å². The highest BCUT2D eigenvalue weighted by atomic mass is 16.5. The molecule has 1 atom stereocenters. The maximum atomic E-state index is 12.1. The van der Waals surface area contributed by atoms with Crippen molar-refractivity contribution in [3.05, 3.63) is 71.9 Å². The van der Waals surface area contributed by atoms with Gasteiger partial charge in [0, 0.05) is 12.1 Å². The Labute approximate surface area is 333 Å². The molecule has 0 spiro atoms. The Morgan fingerprint density at radius 1 is 0.593 bits per heavy atom. The van der Waals surface area contributed by atoms with E-state index >= 15 is 0 Å². The molecule has 0 heterocycles. The number of benzene rings is 1. The second-order valence-electron chi connectivity index (χ2n) is 15.6. The summed E-state index contributed by atoms with van der Waals surface area (Å²) >= 11 is 0. The Balaban J connectivity index is 2.43. The van der Waals surface area contributed by atoms with Gasteiger partial charge in [0.25, 0.3) is 0 Å². The number of unbranched alkanes of at least 4 members (excludes halogenated alkanes) is 18. The van der Waals surface area contributed by atoms with Crippen LogP contribution >= 0.6 is 0 Å². The second kappa shape index (κ2) is 35.9. The zero-order valence-electron chi connectivity index (χ0n) is 35.8. The quantitative estimate of drug-likeness (QED) is 0.0542. The van der Waals surface area contributed by atoms with Crippen LogP contribution < -0.4 is 9.47 Å². The summed E-state index contributed by atoms with van der Waals surface area (Å²) in [5.74, 6) is 0.410. The molecule has 1 aromatic carbocycles. The molecule has 0 aliphatic rings. The van der Waals surface area contributed by atoms with E-state index in [9.17, 15) is 9.90 Å². The second-order valence-corrected chi connectivity index (χ2v) is 15.6. The van der Waals surface area contributed by atoms with E-state index in [-0.39, 0.29) is 0 Å². The lowest BCUT2D eigenvalue weighted by molar-refractivity contribution is -0.142. The van der Waals surface area contributed by atoms with Crippen molar-refractivity contribution in [2.24, 2.45) is 5.92 Å². The summed E-state index contributed by atoms with van der Waals surface area (Å²) < 4.78 is 12.7. The number of carboxylic acids is 1. The van der Waals surface area contributed by atoms with E-state index < -0.39 is 11.9 Å². The predicted octanol–water partition coefficient (Wildman–Crippen LogP) is 14.2. The van der Waals surface area contributed by atoms with Gasteiger partial charge < -0.3 is 19.5 Å². The molecular formula is C49H83NO4. The van der Waals surface area contributed by atoms with Gasteiger partial charge in [0.1, 0.15) is 11.5 Å². The van der Waals surface area contributed by atoms with Gasteiger partial charge in [-0.15, -0.1) is 0 Å². The first kappa shape index (κ1) is 49.2. The number of ether oxygens (including phenoxy) is 2. The molecule has 0 aromatic heterocycles. The molecule has 0 aliphatic heterocycles. The molecule has 0 saturated carbocycles. The highest BCUT2D eigenvalue weighted by Crippen LogP contribution is 2.32. The van der Waals surface area contributed by atoms with Gasteiger partial charge in [-0.2, -0.15) is 0 Å². The van der Waals surface area contributed by atoms with Crippen LogP contribution in [0.4, 0.5) is 0 Å². The molecule has 0 aliphatic carbocycles. The number of carboxylic acid groups (broad SMARTS) is 1. The minimum absolute atomic E-state index is 0.455. The third kappa shape index (κ3) is 28.6. The molecule has 1 unspecified atom stereocenters. The molecule has 5 nitrogen and oxygen atoms in total. The fraction of sp³-hybridized carbons (Fsp3) is 0.694. The number of rotatable bonds is 37. The summed E-state index contributed by atoms with van der Waals surface area (Å²) in [6.45, 7) is 8.41. The van der Waals surface area contributed by atoms with Crippen LogP contribution in [-0.2, 0) is 11.2 Å². The lowest BCUT2D eigenvalue weighted by Gasteiger charge is -2.20. The average Bonchev–Trinajstić information content (AvgIpc) is 3.15. The number of aliphatic carboxylic acids is 1. The number of allylic oxidation sites excluding steroid dienone is 8. The van der Waals surface area contributed by atoms with Crippen LogP contribution in [0.25, 0.3) is 0 Å². The van der Waals surface area contributed by atoms with Gasteiger partial charge >= 0.3 is 5.97 Å². The van der Waals surface area contributed by atoms with Gasteiger partial charge in [-0.1, -0.05) is 140 Å². The summed E-state index contributed by atoms with van der Waals surface area (Å²) in [6, 6.07) is 4.09. The Morgan fingerprint density at radius 2 is 0.963 bits per heavy atom. The first-order valence-corrected chi connectivity index (χ1v) is 22.3. The van der Waals surface area contributed by atoms with Crippen molar-refractivity contribution in [1.82, 2.24) is 4.90 Å². The van der Waals surface area contributed by atoms with Gasteiger partial charge in [-0.3, -0.25) is 4.79 Å². The fourth-order valence-corrected chi connectivity index (χ4v) is 6.63. The minimum Gasteiger partial charge on any atom is -0.493 e. The van der Waals surface area contributed by atoms with Crippen molar-refractivity contribution in [3.63, 3.8) is 0 Å². The van der Waals surface area contributed by atoms with Gasteiger partial charge in [0.05, 0.1) is 19.1 Å². The van der Waals surface area contributed by atoms with Crippen LogP contribution in [0.15, 0.2) is 60.7 Å². The van der Waals surface area contributed by atoms with E-state index in [4.69, 9.17) is 9.47 Å². The molecular weight excluding hydrogens is 667 g/mol. The Kier molecular flexibility index (Phi) is 32.7. The fourth-order valence-electron chi connectivity index (χ4n) is 6.63. The molecule has 1 aromatic rings. The molecule has 0 radical (unpaired) electrons. The first-order chi connectivity index (χ1) is 26.4. The maximum absolute atomic E-state index is 12.1. The highest BCUT2D eigenvalue weighted by molar-refractivity contribution is 5.70. The van der Waals surface area contributed by atoms with Crippen molar-refractivity contribution >= 4 is 5.97 Å². The highest BCUT2D eigenvalue weighted by Gasteiger charge is 2.21. The molecule has 0 saturated heterocycles. The number of nitrogens with zero attached hydrogens (tertiary/aromatic N) is 1. The van der Waals surface area contributed by atoms with E-state index in [2.05, 4.69) is 69.4 Å². The number of hydrogen-bond acceptors (Lipinski definition) is 4. The van der Waals surface area contributed by atoms with Crippen molar-refractivity contribution < 1.29 is 19.4 Å². The molecule has 308 valence electrons. The van der Waals surface area contributed by atoms with E-state index in [1.807, 2.05) is 31.1 Å². The summed E-state index contributed by atoms with van der Waals surface area (Å²) in [5, 5.41) is 9.91. The summed E-state index contributed by atoms with van der Waals surface area (Å²) in [6.07, 6.45) is 48.3. The third-order valence-electron chi connectivity index (χ3n) is 9.99. The van der Waals surface area contributed by atoms with Crippen molar-refractivity contribution in [1.29, 1.82) is 0 Å². The third-order valence-corrected chi connectivity index (χ3v) is 9.99. The van der Waals surface area contributed by atoms with Crippen LogP contribution in [0.3, 0.4) is 0 Å². The maximum Gasteiger partial charge on any atom is 0.308 e. The van der Waals surface area contributed by atoms with Crippen molar-refractivity contribution in [2.75, 3.05) is 33.9 Å². The zero-order chi connectivity index (χ0) is 39.3. The smallest absolute Gasteiger partial charge is 0.308 e. The molecule has 5 heteroatoms. The van der Waals surface area contributed by atoms with Gasteiger partial charge in [-0.25, -0.2) is 0 Å². The average molecular weight is 750 g/mol. The largest absolute Gasteiger partial charge is 0.493 e. The lowest BCUT2D eigenvalue weighted by Crippen LogP contribution is -2.29. The Bertz CT molecular complexity index is 1080. The van der Waals surface area contributed by atoms with Gasteiger partial charge in [0.15, 0.2) is 0 Å². The first-order valence-electron chi connectivity index (χ1n) is 22.3. The standard InChI is InChI=1S/C49H83NO4/c1-6-8-10-12-14-16-18-20-22-24-26-28-30-32-34-36-38-53-47-41-45(40-46(49(51)52)43-50(4)5)42-48(44(47)3)54-39-37-35-33-31-29-27-25-23-21-19-17-15-13-11-9-7-2/h14-17,20-23,41-42,46H,6-13,18-19,24-40,43H2,1-5H3,(H,51,52)/b16-14-,17-15-,22-20-,23-21-. The minimum atomic E-state index is -0.767. The summed E-state index contributed by atoms with van der Waals surface area (Å²) in [4.78, 5) is 14.0. The van der Waals surface area contributed by atoms with Gasteiger partial charge in [0.2, 0.25) is 0 Å². The normalized spacial score (nSPS) is 12.7. The number of carbonyl (C=O) groups is 1.